The molecule has 0 radical (unpaired) electrons. The number of nitro groups is 1. The van der Waals surface area contributed by atoms with E-state index >= 15 is 0 Å². The fraction of sp³-hybridized carbons (Fsp3) is 0.111. The van der Waals surface area contributed by atoms with Gasteiger partial charge in [0, 0.05) is 16.6 Å². The van der Waals surface area contributed by atoms with Gasteiger partial charge in [0.05, 0.1) is 48.2 Å². The van der Waals surface area contributed by atoms with Crippen molar-refractivity contribution >= 4 is 40.1 Å². The Hall–Kier alpha value is -3.39. The van der Waals surface area contributed by atoms with Gasteiger partial charge in [0.15, 0.2) is 11.5 Å². The molecule has 0 aliphatic carbocycles. The molecule has 0 aliphatic rings. The number of benzene rings is 2. The van der Waals surface area contributed by atoms with E-state index in [0.29, 0.717) is 22.0 Å². The van der Waals surface area contributed by atoms with Crippen LogP contribution in [0.25, 0.3) is 10.9 Å². The van der Waals surface area contributed by atoms with Crippen LogP contribution in [0.3, 0.4) is 0 Å². The maximum absolute atomic E-state index is 11.3. The number of ether oxygens (including phenoxy) is 2. The van der Waals surface area contributed by atoms with Crippen LogP contribution in [0, 0.1) is 10.1 Å². The number of anilines is 1. The second kappa shape index (κ2) is 7.88. The van der Waals surface area contributed by atoms with Crippen LogP contribution >= 0.6 is 11.6 Å². The number of nitrogens with one attached hydrogen (secondary N) is 1. The molecule has 0 atom stereocenters. The molecular formula is C18H15ClN4O4. The van der Waals surface area contributed by atoms with E-state index in [1.54, 1.807) is 24.4 Å². The summed E-state index contributed by atoms with van der Waals surface area (Å²) < 4.78 is 10.3. The van der Waals surface area contributed by atoms with E-state index in [4.69, 9.17) is 21.1 Å². The maximum atomic E-state index is 11.3. The standard InChI is InChI=1S/C18H15ClN4O4/c1-26-17-7-11(16(23(24)25)9-18(17)27-2)10-21-22-14-5-6-20-15-8-12(19)3-4-13(14)15/h3-10H,1-2H3,(H,20,22). The number of hydrogen-bond donors (Lipinski definition) is 1. The summed E-state index contributed by atoms with van der Waals surface area (Å²) in [6.45, 7) is 0. The molecule has 3 rings (SSSR count). The van der Waals surface area contributed by atoms with Crippen LogP contribution in [0.4, 0.5) is 11.4 Å². The Labute approximate surface area is 159 Å². The molecule has 1 heterocycles. The molecule has 8 nitrogen and oxygen atoms in total. The SMILES string of the molecule is COc1cc(C=NNc2ccnc3cc(Cl)ccc23)c([N+](=O)[O-])cc1OC. The lowest BCUT2D eigenvalue weighted by molar-refractivity contribution is -0.385. The van der Waals surface area contributed by atoms with Crippen LogP contribution < -0.4 is 14.9 Å². The zero-order valence-electron chi connectivity index (χ0n) is 14.5. The lowest BCUT2D eigenvalue weighted by Crippen LogP contribution is -2.00. The topological polar surface area (TPSA) is 98.9 Å². The molecular weight excluding hydrogens is 372 g/mol. The lowest BCUT2D eigenvalue weighted by atomic mass is 10.1. The van der Waals surface area contributed by atoms with Crippen molar-refractivity contribution in [2.45, 2.75) is 0 Å². The van der Waals surface area contributed by atoms with Crippen molar-refractivity contribution in [3.63, 3.8) is 0 Å². The first-order valence-electron chi connectivity index (χ1n) is 7.77. The molecule has 0 amide bonds. The first-order valence-corrected chi connectivity index (χ1v) is 8.15. The smallest absolute Gasteiger partial charge is 0.282 e. The highest BCUT2D eigenvalue weighted by Crippen LogP contribution is 2.33. The molecule has 0 spiro atoms. The Bertz CT molecular complexity index is 1040. The van der Waals surface area contributed by atoms with Gasteiger partial charge in [-0.15, -0.1) is 0 Å². The van der Waals surface area contributed by atoms with Crippen LogP contribution in [0.15, 0.2) is 47.7 Å². The minimum atomic E-state index is -0.507. The molecule has 1 aromatic heterocycles. The number of methoxy groups -OCH3 is 2. The minimum Gasteiger partial charge on any atom is -0.493 e. The molecule has 27 heavy (non-hydrogen) atoms. The molecule has 0 fully saturated rings. The predicted molar refractivity (Wildman–Crippen MR) is 104 cm³/mol. The number of nitrogens with zero attached hydrogens (tertiary/aromatic N) is 3. The third kappa shape index (κ3) is 3.90. The van der Waals surface area contributed by atoms with E-state index in [0.717, 1.165) is 5.39 Å². The fourth-order valence-corrected chi connectivity index (χ4v) is 2.70. The Balaban J connectivity index is 1.94. The number of pyridine rings is 1. The van der Waals surface area contributed by atoms with Gasteiger partial charge >= 0.3 is 0 Å². The van der Waals surface area contributed by atoms with Gasteiger partial charge in [0.25, 0.3) is 5.69 Å². The number of nitro benzene ring substituents is 1. The summed E-state index contributed by atoms with van der Waals surface area (Å²) in [4.78, 5) is 15.1. The van der Waals surface area contributed by atoms with Gasteiger partial charge < -0.3 is 9.47 Å². The number of halogens is 1. The molecule has 2 aromatic carbocycles. The Morgan fingerprint density at radius 2 is 1.93 bits per heavy atom. The zero-order chi connectivity index (χ0) is 19.4. The van der Waals surface area contributed by atoms with Crippen molar-refractivity contribution in [2.24, 2.45) is 5.10 Å². The van der Waals surface area contributed by atoms with E-state index < -0.39 is 4.92 Å². The third-order valence-electron chi connectivity index (χ3n) is 3.82. The highest BCUT2D eigenvalue weighted by Gasteiger charge is 2.18. The number of fused-ring (bicyclic) bond motifs is 1. The van der Waals surface area contributed by atoms with Crippen molar-refractivity contribution in [1.82, 2.24) is 4.98 Å². The highest BCUT2D eigenvalue weighted by atomic mass is 35.5. The summed E-state index contributed by atoms with van der Waals surface area (Å²) in [6.07, 6.45) is 2.97. The van der Waals surface area contributed by atoms with Crippen LogP contribution in [-0.2, 0) is 0 Å². The number of hydrazone groups is 1. The first-order chi connectivity index (χ1) is 13.0. The fourth-order valence-electron chi connectivity index (χ4n) is 2.54. The number of hydrogen-bond acceptors (Lipinski definition) is 7. The molecule has 9 heteroatoms. The molecule has 0 bridgehead atoms. The Morgan fingerprint density at radius 3 is 2.63 bits per heavy atom. The van der Waals surface area contributed by atoms with Gasteiger partial charge in [0.1, 0.15) is 0 Å². The normalized spacial score (nSPS) is 10.9. The van der Waals surface area contributed by atoms with Crippen LogP contribution in [0.2, 0.25) is 5.02 Å². The number of rotatable bonds is 6. The van der Waals surface area contributed by atoms with E-state index in [9.17, 15) is 10.1 Å². The minimum absolute atomic E-state index is 0.149. The molecule has 0 aliphatic heterocycles. The monoisotopic (exact) mass is 386 g/mol. The summed E-state index contributed by atoms with van der Waals surface area (Å²) in [5, 5.41) is 16.9. The van der Waals surface area contributed by atoms with Gasteiger partial charge in [-0.1, -0.05) is 11.6 Å². The molecule has 0 saturated carbocycles. The number of aromatic nitrogens is 1. The summed E-state index contributed by atoms with van der Waals surface area (Å²) in [7, 11) is 2.87. The summed E-state index contributed by atoms with van der Waals surface area (Å²) in [6, 6.07) is 9.85. The largest absolute Gasteiger partial charge is 0.493 e. The van der Waals surface area contributed by atoms with Crippen LogP contribution in [0.5, 0.6) is 11.5 Å². The van der Waals surface area contributed by atoms with E-state index in [1.807, 2.05) is 6.07 Å². The lowest BCUT2D eigenvalue weighted by Gasteiger charge is -2.09. The Kier molecular flexibility index (Phi) is 5.37. The van der Waals surface area contributed by atoms with Crippen LogP contribution in [-0.4, -0.2) is 30.3 Å². The molecule has 3 aromatic rings. The van der Waals surface area contributed by atoms with Gasteiger partial charge in [-0.3, -0.25) is 20.5 Å². The van der Waals surface area contributed by atoms with Crippen molar-refractivity contribution in [3.8, 4) is 11.5 Å². The average Bonchev–Trinajstić information content (AvgIpc) is 2.67. The summed E-state index contributed by atoms with van der Waals surface area (Å²) >= 11 is 5.98. The third-order valence-corrected chi connectivity index (χ3v) is 4.06. The van der Waals surface area contributed by atoms with Gasteiger partial charge in [-0.25, -0.2) is 0 Å². The van der Waals surface area contributed by atoms with Gasteiger partial charge in [-0.05, 0) is 30.3 Å². The highest BCUT2D eigenvalue weighted by molar-refractivity contribution is 6.31. The summed E-state index contributed by atoms with van der Waals surface area (Å²) in [5.41, 5.74) is 4.40. The predicted octanol–water partition coefficient (Wildman–Crippen LogP) is 4.26. The average molecular weight is 387 g/mol. The quantitative estimate of drug-likeness (QED) is 0.386. The van der Waals surface area contributed by atoms with Crippen molar-refractivity contribution < 1.29 is 14.4 Å². The van der Waals surface area contributed by atoms with Crippen molar-refractivity contribution in [1.29, 1.82) is 0 Å². The van der Waals surface area contributed by atoms with Crippen molar-refractivity contribution in [2.75, 3.05) is 19.6 Å². The van der Waals surface area contributed by atoms with E-state index in [-0.39, 0.29) is 17.0 Å². The Morgan fingerprint density at radius 1 is 1.19 bits per heavy atom. The first kappa shape index (κ1) is 18.4. The maximum Gasteiger partial charge on any atom is 0.282 e. The van der Waals surface area contributed by atoms with Crippen LogP contribution in [0.1, 0.15) is 5.56 Å². The second-order valence-electron chi connectivity index (χ2n) is 5.41. The summed E-state index contributed by atoms with van der Waals surface area (Å²) in [5.74, 6) is 0.639. The van der Waals surface area contributed by atoms with Gasteiger partial charge in [0.2, 0.25) is 0 Å². The van der Waals surface area contributed by atoms with Gasteiger partial charge in [-0.2, -0.15) is 5.10 Å². The molecule has 138 valence electrons. The van der Waals surface area contributed by atoms with E-state index in [1.165, 1.54) is 32.6 Å². The molecule has 1 N–H and O–H groups in total. The zero-order valence-corrected chi connectivity index (χ0v) is 15.2. The van der Waals surface area contributed by atoms with E-state index in [2.05, 4.69) is 15.5 Å². The molecule has 0 saturated heterocycles. The molecule has 0 unspecified atom stereocenters. The van der Waals surface area contributed by atoms with Crippen molar-refractivity contribution in [3.05, 3.63) is 63.3 Å². The second-order valence-corrected chi connectivity index (χ2v) is 5.85.